The molecule has 1 aromatic carbocycles. The van der Waals surface area contributed by atoms with E-state index < -0.39 is 11.7 Å². The van der Waals surface area contributed by atoms with Gasteiger partial charge in [-0.15, -0.1) is 0 Å². The summed E-state index contributed by atoms with van der Waals surface area (Å²) >= 11 is 5.82. The molecule has 6 nitrogen and oxygen atoms in total. The van der Waals surface area contributed by atoms with E-state index in [2.05, 4.69) is 9.97 Å². The van der Waals surface area contributed by atoms with Gasteiger partial charge in [0, 0.05) is 18.8 Å². The lowest BCUT2D eigenvalue weighted by Gasteiger charge is -2.10. The van der Waals surface area contributed by atoms with Crippen LogP contribution in [0.5, 0.6) is 11.6 Å². The molecule has 0 aliphatic carbocycles. The zero-order chi connectivity index (χ0) is 20.5. The molecule has 0 radical (unpaired) electrons. The highest BCUT2D eigenvalue weighted by atomic mass is 35.5. The van der Waals surface area contributed by atoms with Gasteiger partial charge in [0.25, 0.3) is 0 Å². The molecule has 0 atom stereocenters. The van der Waals surface area contributed by atoms with Crippen LogP contribution < -0.4 is 4.74 Å². The van der Waals surface area contributed by atoms with Crippen LogP contribution in [0, 0.1) is 22.7 Å². The monoisotopic (exact) mass is 403 g/mol. The molecule has 0 aliphatic rings. The summed E-state index contributed by atoms with van der Waals surface area (Å²) in [7, 11) is 1.61. The van der Waals surface area contributed by atoms with E-state index in [0.29, 0.717) is 17.6 Å². The van der Waals surface area contributed by atoms with E-state index >= 15 is 0 Å². The number of benzene rings is 1. The number of ether oxygens (including phenoxy) is 1. The zero-order valence-corrected chi connectivity index (χ0v) is 14.9. The van der Waals surface area contributed by atoms with Crippen molar-refractivity contribution in [1.29, 1.82) is 10.5 Å². The van der Waals surface area contributed by atoms with Gasteiger partial charge in [0.2, 0.25) is 5.88 Å². The van der Waals surface area contributed by atoms with E-state index in [1.165, 1.54) is 16.7 Å². The van der Waals surface area contributed by atoms with Gasteiger partial charge in [0.05, 0.1) is 5.56 Å². The van der Waals surface area contributed by atoms with Crippen LogP contribution in [0.4, 0.5) is 13.2 Å². The van der Waals surface area contributed by atoms with Crippen LogP contribution >= 0.6 is 11.6 Å². The van der Waals surface area contributed by atoms with Crippen molar-refractivity contribution < 1.29 is 17.9 Å². The molecule has 0 unspecified atom stereocenters. The fraction of sp³-hybridized carbons (Fsp3) is 0.111. The predicted molar refractivity (Wildman–Crippen MR) is 92.4 cm³/mol. The van der Waals surface area contributed by atoms with Gasteiger partial charge in [-0.3, -0.25) is 0 Å². The summed E-state index contributed by atoms with van der Waals surface area (Å²) in [4.78, 5) is 7.74. The van der Waals surface area contributed by atoms with Gasteiger partial charge in [-0.1, -0.05) is 11.6 Å². The summed E-state index contributed by atoms with van der Waals surface area (Å²) < 4.78 is 44.9. The van der Waals surface area contributed by atoms with Crippen LogP contribution in [0.15, 0.2) is 36.5 Å². The molecule has 0 N–H and O–H groups in total. The number of nitriles is 2. The number of imidazole rings is 1. The number of hydrogen-bond donors (Lipinski definition) is 0. The van der Waals surface area contributed by atoms with Crippen LogP contribution in [-0.4, -0.2) is 14.5 Å². The van der Waals surface area contributed by atoms with Gasteiger partial charge in [0.1, 0.15) is 28.7 Å². The largest absolute Gasteiger partial charge is 0.438 e. The molecule has 140 valence electrons. The van der Waals surface area contributed by atoms with E-state index in [9.17, 15) is 13.2 Å². The van der Waals surface area contributed by atoms with Crippen LogP contribution in [0.2, 0.25) is 5.02 Å². The molecule has 28 heavy (non-hydrogen) atoms. The lowest BCUT2D eigenvalue weighted by Crippen LogP contribution is -2.05. The smallest absolute Gasteiger partial charge is 0.417 e. The molecule has 0 spiro atoms. The third-order valence-electron chi connectivity index (χ3n) is 3.77. The topological polar surface area (TPSA) is 87.5 Å². The number of halogens is 4. The van der Waals surface area contributed by atoms with E-state index in [4.69, 9.17) is 26.9 Å². The van der Waals surface area contributed by atoms with Gasteiger partial charge in [-0.25, -0.2) is 9.97 Å². The van der Waals surface area contributed by atoms with Crippen molar-refractivity contribution in [2.75, 3.05) is 0 Å². The fourth-order valence-electron chi connectivity index (χ4n) is 2.40. The van der Waals surface area contributed by atoms with Crippen molar-refractivity contribution in [1.82, 2.24) is 14.5 Å². The second-order valence-corrected chi connectivity index (χ2v) is 5.96. The van der Waals surface area contributed by atoms with E-state index in [1.807, 2.05) is 12.1 Å². The van der Waals surface area contributed by atoms with Crippen molar-refractivity contribution in [2.45, 2.75) is 6.18 Å². The average molecular weight is 404 g/mol. The molecule has 2 heterocycles. The lowest BCUT2D eigenvalue weighted by atomic mass is 10.2. The number of nitrogens with zero attached hydrogens (tertiary/aromatic N) is 5. The predicted octanol–water partition coefficient (Wildman–Crippen LogP) is 4.69. The Morgan fingerprint density at radius 2 is 1.82 bits per heavy atom. The molecular weight excluding hydrogens is 395 g/mol. The molecule has 2 aromatic heterocycles. The molecule has 0 saturated carbocycles. The van der Waals surface area contributed by atoms with Crippen LogP contribution in [0.1, 0.15) is 17.0 Å². The molecule has 10 heteroatoms. The highest BCUT2D eigenvalue weighted by Gasteiger charge is 2.31. The molecule has 0 saturated heterocycles. The normalized spacial score (nSPS) is 11.0. The number of aromatic nitrogens is 3. The fourth-order valence-corrected chi connectivity index (χ4v) is 2.61. The third-order valence-corrected chi connectivity index (χ3v) is 4.04. The van der Waals surface area contributed by atoms with Gasteiger partial charge >= 0.3 is 6.18 Å². The Morgan fingerprint density at radius 3 is 2.32 bits per heavy atom. The summed E-state index contributed by atoms with van der Waals surface area (Å²) in [5.41, 5.74) is -0.212. The van der Waals surface area contributed by atoms with E-state index in [1.54, 1.807) is 19.2 Å². The van der Waals surface area contributed by atoms with Crippen molar-refractivity contribution in [3.05, 3.63) is 58.5 Å². The highest BCUT2D eigenvalue weighted by molar-refractivity contribution is 6.31. The van der Waals surface area contributed by atoms with Crippen molar-refractivity contribution in [3.63, 3.8) is 0 Å². The first-order valence-electron chi connectivity index (χ1n) is 7.62. The number of pyridine rings is 1. The molecule has 3 rings (SSSR count). The van der Waals surface area contributed by atoms with Crippen LogP contribution in [0.25, 0.3) is 11.4 Å². The van der Waals surface area contributed by atoms with Crippen LogP contribution in [-0.2, 0) is 13.2 Å². The summed E-state index contributed by atoms with van der Waals surface area (Å²) in [6.45, 7) is 0. The van der Waals surface area contributed by atoms with Gasteiger partial charge in [-0.2, -0.15) is 23.7 Å². The number of alkyl halides is 3. The summed E-state index contributed by atoms with van der Waals surface area (Å²) in [6.07, 6.45) is -3.92. The Balaban J connectivity index is 1.86. The quantitative estimate of drug-likeness (QED) is 0.633. The Bertz CT molecular complexity index is 1120. The summed E-state index contributed by atoms with van der Waals surface area (Å²) in [5.74, 6) is 0.524. The molecule has 3 aromatic rings. The third kappa shape index (κ3) is 3.61. The summed E-state index contributed by atoms with van der Waals surface area (Å²) in [6, 6.07) is 10.8. The van der Waals surface area contributed by atoms with Crippen molar-refractivity contribution in [2.24, 2.45) is 7.05 Å². The highest BCUT2D eigenvalue weighted by Crippen LogP contribution is 2.35. The first-order chi connectivity index (χ1) is 13.2. The Morgan fingerprint density at radius 1 is 1.14 bits per heavy atom. The lowest BCUT2D eigenvalue weighted by molar-refractivity contribution is -0.137. The first kappa shape index (κ1) is 19.2. The molecule has 0 amide bonds. The first-order valence-corrected chi connectivity index (χ1v) is 8.00. The van der Waals surface area contributed by atoms with Gasteiger partial charge in [0.15, 0.2) is 11.4 Å². The second kappa shape index (κ2) is 7.22. The maximum Gasteiger partial charge on any atom is 0.417 e. The molecule has 0 aliphatic heterocycles. The Labute approximate surface area is 162 Å². The average Bonchev–Trinajstić information content (AvgIpc) is 2.98. The Hall–Kier alpha value is -3.56. The maximum absolute atomic E-state index is 12.7. The van der Waals surface area contributed by atoms with Crippen LogP contribution in [0.3, 0.4) is 0 Å². The minimum Gasteiger partial charge on any atom is -0.438 e. The van der Waals surface area contributed by atoms with Crippen molar-refractivity contribution in [3.8, 4) is 35.2 Å². The van der Waals surface area contributed by atoms with Gasteiger partial charge < -0.3 is 9.30 Å². The standard InChI is InChI=1S/C18H9ClF3N5O/c1-27-15(8-24)14(7-23)26-16(27)10-2-4-12(5-3-10)28-17-13(19)6-11(9-25-17)18(20,21)22/h2-6,9H,1H3. The van der Waals surface area contributed by atoms with Gasteiger partial charge in [-0.05, 0) is 30.3 Å². The maximum atomic E-state index is 12.7. The number of hydrogen-bond acceptors (Lipinski definition) is 5. The number of rotatable bonds is 3. The minimum absolute atomic E-state index is 0.0149. The summed E-state index contributed by atoms with van der Waals surface area (Å²) in [5, 5.41) is 17.9. The zero-order valence-electron chi connectivity index (χ0n) is 14.1. The molecular formula is C18H9ClF3N5O. The SMILES string of the molecule is Cn1c(-c2ccc(Oc3ncc(C(F)(F)F)cc3Cl)cc2)nc(C#N)c1C#N. The van der Waals surface area contributed by atoms with E-state index in [0.717, 1.165) is 6.07 Å². The minimum atomic E-state index is -4.55. The molecule has 0 bridgehead atoms. The molecule has 0 fully saturated rings. The van der Waals surface area contributed by atoms with Crippen molar-refractivity contribution >= 4 is 11.6 Å². The van der Waals surface area contributed by atoms with E-state index in [-0.39, 0.29) is 28.0 Å². The Kier molecular flexibility index (Phi) is 4.95. The second-order valence-electron chi connectivity index (χ2n) is 5.55.